The molecule has 0 unspecified atom stereocenters. The fraction of sp³-hybridized carbons (Fsp3) is 0.333. The van der Waals surface area contributed by atoms with E-state index in [0.717, 1.165) is 23.1 Å². The Bertz CT molecular complexity index is 1080. The lowest BCUT2D eigenvalue weighted by atomic mass is 10.1. The van der Waals surface area contributed by atoms with Crippen LogP contribution in [0.25, 0.3) is 21.3 Å². The molecule has 2 aromatic heterocycles. The number of aromatic nitrogens is 2. The van der Waals surface area contributed by atoms with Gasteiger partial charge in [-0.15, -0.1) is 11.3 Å². The molecule has 2 N–H and O–H groups in total. The van der Waals surface area contributed by atoms with Crippen molar-refractivity contribution in [3.8, 4) is 11.1 Å². The summed E-state index contributed by atoms with van der Waals surface area (Å²) in [4.78, 5) is 41.9. The van der Waals surface area contributed by atoms with Gasteiger partial charge < -0.3 is 5.32 Å². The molecule has 3 aromatic rings. The number of rotatable bonds is 6. The highest BCUT2D eigenvalue weighted by atomic mass is 32.1. The van der Waals surface area contributed by atoms with Gasteiger partial charge in [0.25, 0.3) is 5.56 Å². The van der Waals surface area contributed by atoms with Gasteiger partial charge in [0.2, 0.25) is 5.91 Å². The maximum atomic E-state index is 13.0. The van der Waals surface area contributed by atoms with Gasteiger partial charge in [-0.25, -0.2) is 9.78 Å². The zero-order valence-electron chi connectivity index (χ0n) is 16.7. The van der Waals surface area contributed by atoms with Crippen LogP contribution < -0.4 is 16.2 Å². The van der Waals surface area contributed by atoms with E-state index in [4.69, 9.17) is 0 Å². The maximum Gasteiger partial charge on any atom is 0.321 e. The van der Waals surface area contributed by atoms with Crippen LogP contribution in [0.4, 0.5) is 4.79 Å². The van der Waals surface area contributed by atoms with Crippen molar-refractivity contribution in [2.45, 2.75) is 33.7 Å². The van der Waals surface area contributed by atoms with E-state index in [9.17, 15) is 14.4 Å². The van der Waals surface area contributed by atoms with Crippen LogP contribution in [-0.4, -0.2) is 28.0 Å². The number of aryl methyl sites for hydroxylation is 1. The number of hydrogen-bond donors (Lipinski definition) is 2. The summed E-state index contributed by atoms with van der Waals surface area (Å²) in [6.45, 7) is 6.31. The molecule has 0 radical (unpaired) electrons. The van der Waals surface area contributed by atoms with Gasteiger partial charge in [0.05, 0.1) is 11.7 Å². The standard InChI is InChI=1S/C21H24N4O3S/c1-13(2)8-9-22-21(28)24-17(26)10-25-12-23-19-18(20(25)27)16(11-29-19)15-6-4-14(3)5-7-15/h4-7,11-13H,8-10H2,1-3H3,(H2,22,24,26,28). The first-order valence-corrected chi connectivity index (χ1v) is 10.3. The number of carbonyl (C=O) groups excluding carboxylic acids is 2. The third kappa shape index (κ3) is 5.08. The molecule has 2 heterocycles. The highest BCUT2D eigenvalue weighted by Gasteiger charge is 2.15. The minimum absolute atomic E-state index is 0.275. The number of hydrogen-bond acceptors (Lipinski definition) is 5. The number of nitrogens with zero attached hydrogens (tertiary/aromatic N) is 2. The molecule has 7 nitrogen and oxygen atoms in total. The summed E-state index contributed by atoms with van der Waals surface area (Å²) in [5, 5.41) is 7.26. The van der Waals surface area contributed by atoms with Crippen molar-refractivity contribution in [2.24, 2.45) is 5.92 Å². The molecule has 0 aliphatic carbocycles. The first-order valence-electron chi connectivity index (χ1n) is 9.46. The largest absolute Gasteiger partial charge is 0.338 e. The van der Waals surface area contributed by atoms with E-state index >= 15 is 0 Å². The fourth-order valence-electron chi connectivity index (χ4n) is 2.87. The molecule has 0 saturated carbocycles. The Labute approximate surface area is 172 Å². The second-order valence-corrected chi connectivity index (χ2v) is 8.22. The predicted molar refractivity (Wildman–Crippen MR) is 115 cm³/mol. The Morgan fingerprint density at radius 3 is 2.62 bits per heavy atom. The van der Waals surface area contributed by atoms with E-state index in [1.165, 1.54) is 22.2 Å². The molecule has 152 valence electrons. The van der Waals surface area contributed by atoms with Gasteiger partial charge in [-0.05, 0) is 24.8 Å². The second-order valence-electron chi connectivity index (χ2n) is 7.36. The number of benzene rings is 1. The summed E-state index contributed by atoms with van der Waals surface area (Å²) in [7, 11) is 0. The van der Waals surface area contributed by atoms with Crippen molar-refractivity contribution in [1.82, 2.24) is 20.2 Å². The molecule has 0 bridgehead atoms. The SMILES string of the molecule is Cc1ccc(-c2csc3ncn(CC(=O)NC(=O)NCCC(C)C)c(=O)c23)cc1. The minimum Gasteiger partial charge on any atom is -0.338 e. The van der Waals surface area contributed by atoms with Crippen LogP contribution in [0.2, 0.25) is 0 Å². The van der Waals surface area contributed by atoms with Crippen molar-refractivity contribution in [2.75, 3.05) is 6.54 Å². The molecule has 8 heteroatoms. The first-order chi connectivity index (χ1) is 13.8. The Kier molecular flexibility index (Phi) is 6.43. The Balaban J connectivity index is 1.77. The maximum absolute atomic E-state index is 13.0. The predicted octanol–water partition coefficient (Wildman–Crippen LogP) is 3.31. The average molecular weight is 413 g/mol. The zero-order chi connectivity index (χ0) is 21.0. The van der Waals surface area contributed by atoms with Crippen LogP contribution in [0.3, 0.4) is 0 Å². The minimum atomic E-state index is -0.567. The normalized spacial score (nSPS) is 11.0. The van der Waals surface area contributed by atoms with Crippen molar-refractivity contribution in [1.29, 1.82) is 0 Å². The molecule has 3 rings (SSSR count). The molecule has 0 aliphatic rings. The van der Waals surface area contributed by atoms with E-state index in [-0.39, 0.29) is 12.1 Å². The van der Waals surface area contributed by atoms with Crippen LogP contribution >= 0.6 is 11.3 Å². The van der Waals surface area contributed by atoms with E-state index in [1.54, 1.807) is 0 Å². The molecular weight excluding hydrogens is 388 g/mol. The van der Waals surface area contributed by atoms with Gasteiger partial charge in [0.1, 0.15) is 11.4 Å². The second kappa shape index (κ2) is 9.00. The van der Waals surface area contributed by atoms with Gasteiger partial charge in [-0.2, -0.15) is 0 Å². The van der Waals surface area contributed by atoms with E-state index in [1.807, 2.05) is 36.6 Å². The van der Waals surface area contributed by atoms with Crippen LogP contribution in [0, 0.1) is 12.8 Å². The zero-order valence-corrected chi connectivity index (χ0v) is 17.5. The van der Waals surface area contributed by atoms with Crippen LogP contribution in [0.5, 0.6) is 0 Å². The lowest BCUT2D eigenvalue weighted by molar-refractivity contribution is -0.120. The van der Waals surface area contributed by atoms with E-state index in [0.29, 0.717) is 22.7 Å². The number of imide groups is 1. The third-order valence-corrected chi connectivity index (χ3v) is 5.38. The van der Waals surface area contributed by atoms with E-state index in [2.05, 4.69) is 29.5 Å². The molecule has 29 heavy (non-hydrogen) atoms. The number of fused-ring (bicyclic) bond motifs is 1. The average Bonchev–Trinajstić information content (AvgIpc) is 3.09. The highest BCUT2D eigenvalue weighted by Crippen LogP contribution is 2.30. The smallest absolute Gasteiger partial charge is 0.321 e. The summed E-state index contributed by atoms with van der Waals surface area (Å²) in [6, 6.07) is 7.33. The summed E-state index contributed by atoms with van der Waals surface area (Å²) in [6.07, 6.45) is 2.16. The molecule has 3 amide bonds. The molecule has 0 atom stereocenters. The Hall–Kier alpha value is -3.00. The van der Waals surface area contributed by atoms with Crippen molar-refractivity contribution >= 4 is 33.5 Å². The summed E-state index contributed by atoms with van der Waals surface area (Å²) < 4.78 is 1.23. The third-order valence-electron chi connectivity index (χ3n) is 4.50. The van der Waals surface area contributed by atoms with E-state index < -0.39 is 11.9 Å². The Morgan fingerprint density at radius 2 is 1.93 bits per heavy atom. The summed E-state index contributed by atoms with van der Waals surface area (Å²) >= 11 is 1.39. The van der Waals surface area contributed by atoms with Crippen molar-refractivity contribution in [3.63, 3.8) is 0 Å². The molecule has 0 aliphatic heterocycles. The van der Waals surface area contributed by atoms with Gasteiger partial charge in [0, 0.05) is 17.5 Å². The number of amides is 3. The van der Waals surface area contributed by atoms with Gasteiger partial charge >= 0.3 is 6.03 Å². The Morgan fingerprint density at radius 1 is 1.21 bits per heavy atom. The van der Waals surface area contributed by atoms with Gasteiger partial charge in [0.15, 0.2) is 0 Å². The van der Waals surface area contributed by atoms with Crippen LogP contribution in [0.1, 0.15) is 25.8 Å². The van der Waals surface area contributed by atoms with Gasteiger partial charge in [-0.3, -0.25) is 19.5 Å². The number of thiophene rings is 1. The molecule has 0 spiro atoms. The van der Waals surface area contributed by atoms with Crippen LogP contribution in [-0.2, 0) is 11.3 Å². The van der Waals surface area contributed by atoms with Crippen molar-refractivity contribution in [3.05, 3.63) is 51.9 Å². The van der Waals surface area contributed by atoms with Crippen molar-refractivity contribution < 1.29 is 9.59 Å². The molecular formula is C21H24N4O3S. The molecule has 0 saturated heterocycles. The number of carbonyl (C=O) groups is 2. The lowest BCUT2D eigenvalue weighted by Gasteiger charge is -2.09. The monoisotopic (exact) mass is 412 g/mol. The van der Waals surface area contributed by atoms with Gasteiger partial charge in [-0.1, -0.05) is 43.7 Å². The summed E-state index contributed by atoms with van der Waals surface area (Å²) in [5.74, 6) is -0.113. The van der Waals surface area contributed by atoms with Crippen LogP contribution in [0.15, 0.2) is 40.8 Å². The number of nitrogens with one attached hydrogen (secondary N) is 2. The first kappa shape index (κ1) is 20.7. The lowest BCUT2D eigenvalue weighted by Crippen LogP contribution is -2.42. The number of urea groups is 1. The summed E-state index contributed by atoms with van der Waals surface area (Å²) in [5.41, 5.74) is 2.55. The topological polar surface area (TPSA) is 93.1 Å². The quantitative estimate of drug-likeness (QED) is 0.650. The fourth-order valence-corrected chi connectivity index (χ4v) is 3.77. The molecule has 0 fully saturated rings. The molecule has 1 aromatic carbocycles. The highest BCUT2D eigenvalue weighted by molar-refractivity contribution is 7.17.